The topological polar surface area (TPSA) is 94.5 Å². The largest absolute Gasteiger partial charge is 0.459 e. The number of aliphatic hydroxyl groups excluding tert-OH is 2. The zero-order chi connectivity index (χ0) is 16.6. The molecule has 126 valence electrons. The molecule has 2 fully saturated rings. The van der Waals surface area contributed by atoms with Crippen LogP contribution in [0.2, 0.25) is 0 Å². The second kappa shape index (κ2) is 6.18. The summed E-state index contributed by atoms with van der Waals surface area (Å²) < 4.78 is 21.8. The van der Waals surface area contributed by atoms with Crippen LogP contribution in [-0.2, 0) is 18.9 Å². The van der Waals surface area contributed by atoms with E-state index in [9.17, 15) is 15.0 Å². The summed E-state index contributed by atoms with van der Waals surface area (Å²) in [6, 6.07) is 8.50. The first-order chi connectivity index (χ1) is 10.9. The van der Waals surface area contributed by atoms with Gasteiger partial charge in [0.15, 0.2) is 12.1 Å². The molecule has 3 rings (SSSR count). The molecule has 0 unspecified atom stereocenters. The van der Waals surface area contributed by atoms with Gasteiger partial charge in [-0.3, -0.25) is 0 Å². The molecule has 5 atom stereocenters. The highest BCUT2D eigenvalue weighted by Crippen LogP contribution is 2.36. The number of fused-ring (bicyclic) bond motifs is 1. The minimum absolute atomic E-state index is 0.195. The third-order valence-corrected chi connectivity index (χ3v) is 3.85. The average molecular weight is 324 g/mol. The number of ether oxygens (including phenoxy) is 4. The molecule has 0 aliphatic carbocycles. The zero-order valence-electron chi connectivity index (χ0n) is 12.9. The molecule has 2 heterocycles. The van der Waals surface area contributed by atoms with Crippen LogP contribution >= 0.6 is 0 Å². The van der Waals surface area contributed by atoms with Gasteiger partial charge in [-0.1, -0.05) is 18.2 Å². The van der Waals surface area contributed by atoms with Gasteiger partial charge in [-0.15, -0.1) is 0 Å². The summed E-state index contributed by atoms with van der Waals surface area (Å²) in [6.45, 7) is 3.19. The summed E-state index contributed by atoms with van der Waals surface area (Å²) >= 11 is 0. The summed E-state index contributed by atoms with van der Waals surface area (Å²) in [7, 11) is 0. The van der Waals surface area contributed by atoms with E-state index in [1.165, 1.54) is 0 Å². The fraction of sp³-hybridized carbons (Fsp3) is 0.562. The molecule has 23 heavy (non-hydrogen) atoms. The van der Waals surface area contributed by atoms with Crippen LogP contribution in [-0.4, -0.2) is 59.3 Å². The van der Waals surface area contributed by atoms with E-state index in [4.69, 9.17) is 18.9 Å². The molecule has 0 spiro atoms. The molecule has 0 bridgehead atoms. The average Bonchev–Trinajstić information content (AvgIpc) is 2.84. The van der Waals surface area contributed by atoms with Crippen molar-refractivity contribution in [3.05, 3.63) is 35.9 Å². The van der Waals surface area contributed by atoms with Gasteiger partial charge in [0.05, 0.1) is 5.56 Å². The third-order valence-electron chi connectivity index (χ3n) is 3.85. The Morgan fingerprint density at radius 1 is 1.17 bits per heavy atom. The minimum atomic E-state index is -1.24. The zero-order valence-corrected chi connectivity index (χ0v) is 12.9. The highest BCUT2D eigenvalue weighted by atomic mass is 16.8. The molecule has 7 nitrogen and oxygen atoms in total. The van der Waals surface area contributed by atoms with Crippen LogP contribution in [0, 0.1) is 0 Å². The van der Waals surface area contributed by atoms with Crippen molar-refractivity contribution in [1.82, 2.24) is 0 Å². The molecule has 1 aromatic carbocycles. The van der Waals surface area contributed by atoms with Gasteiger partial charge in [0.1, 0.15) is 31.0 Å². The predicted molar refractivity (Wildman–Crippen MR) is 77.4 cm³/mol. The van der Waals surface area contributed by atoms with E-state index >= 15 is 0 Å². The van der Waals surface area contributed by atoms with Gasteiger partial charge >= 0.3 is 5.97 Å². The molecule has 0 amide bonds. The number of benzene rings is 1. The Morgan fingerprint density at radius 3 is 2.57 bits per heavy atom. The Bertz CT molecular complexity index is 559. The number of carbonyl (C=O) groups excluding carboxylic acids is 1. The van der Waals surface area contributed by atoms with E-state index in [1.807, 2.05) is 0 Å². The first-order valence-electron chi connectivity index (χ1n) is 7.47. The van der Waals surface area contributed by atoms with Gasteiger partial charge in [-0.2, -0.15) is 0 Å². The van der Waals surface area contributed by atoms with Crippen LogP contribution < -0.4 is 0 Å². The second-order valence-corrected chi connectivity index (χ2v) is 6.09. The molecular weight excluding hydrogens is 304 g/mol. The Morgan fingerprint density at radius 2 is 1.87 bits per heavy atom. The number of hydrogen-bond acceptors (Lipinski definition) is 7. The second-order valence-electron chi connectivity index (χ2n) is 6.09. The van der Waals surface area contributed by atoms with Crippen molar-refractivity contribution in [2.24, 2.45) is 0 Å². The van der Waals surface area contributed by atoms with E-state index in [0.717, 1.165) is 0 Å². The summed E-state index contributed by atoms with van der Waals surface area (Å²) in [5.74, 6) is -1.44. The van der Waals surface area contributed by atoms with Crippen molar-refractivity contribution in [1.29, 1.82) is 0 Å². The van der Waals surface area contributed by atoms with Crippen molar-refractivity contribution in [2.45, 2.75) is 50.3 Å². The van der Waals surface area contributed by atoms with E-state index in [2.05, 4.69) is 0 Å². The fourth-order valence-corrected chi connectivity index (χ4v) is 2.71. The molecule has 2 aliphatic heterocycles. The van der Waals surface area contributed by atoms with Crippen molar-refractivity contribution in [2.75, 3.05) is 6.61 Å². The lowest BCUT2D eigenvalue weighted by Crippen LogP contribution is -2.57. The van der Waals surface area contributed by atoms with E-state index < -0.39 is 42.5 Å². The predicted octanol–water partition coefficient (Wildman–Crippen LogP) is 0.442. The Labute approximate surface area is 133 Å². The van der Waals surface area contributed by atoms with Crippen LogP contribution in [0.25, 0.3) is 0 Å². The summed E-state index contributed by atoms with van der Waals surface area (Å²) in [6.07, 6.45) is -4.91. The number of esters is 1. The molecule has 0 radical (unpaired) electrons. The van der Waals surface area contributed by atoms with Crippen molar-refractivity contribution in [3.63, 3.8) is 0 Å². The monoisotopic (exact) mass is 324 g/mol. The van der Waals surface area contributed by atoms with Gasteiger partial charge in [-0.25, -0.2) is 4.79 Å². The normalized spacial score (nSPS) is 35.6. The Balaban J connectivity index is 1.61. The van der Waals surface area contributed by atoms with Gasteiger partial charge in [0, 0.05) is 0 Å². The third kappa shape index (κ3) is 3.39. The molecule has 7 heteroatoms. The lowest BCUT2D eigenvalue weighted by molar-refractivity contribution is -0.256. The maximum Gasteiger partial charge on any atom is 0.338 e. The van der Waals surface area contributed by atoms with Crippen molar-refractivity contribution >= 4 is 5.97 Å². The maximum absolute atomic E-state index is 11.9. The number of aliphatic hydroxyl groups is 2. The number of rotatable bonds is 3. The number of hydrogen-bond donors (Lipinski definition) is 2. The number of carbonyl (C=O) groups is 1. The molecule has 0 saturated carbocycles. The quantitative estimate of drug-likeness (QED) is 0.779. The molecule has 0 aromatic heterocycles. The SMILES string of the molecule is CC1(C)O[C@H]2O[C@H](COC(=O)c3ccccc3)[C@@H](O)[C@@H](O)[C@H]2O1. The Kier molecular flexibility index (Phi) is 4.39. The van der Waals surface area contributed by atoms with Crippen LogP contribution in [0.4, 0.5) is 0 Å². The lowest BCUT2D eigenvalue weighted by Gasteiger charge is -2.37. The van der Waals surface area contributed by atoms with Gasteiger partial charge in [-0.05, 0) is 26.0 Å². The first kappa shape index (κ1) is 16.4. The van der Waals surface area contributed by atoms with Crippen LogP contribution in [0.15, 0.2) is 30.3 Å². The lowest BCUT2D eigenvalue weighted by atomic mass is 9.99. The highest BCUT2D eigenvalue weighted by molar-refractivity contribution is 5.89. The summed E-state index contributed by atoms with van der Waals surface area (Å²) in [4.78, 5) is 11.9. The van der Waals surface area contributed by atoms with Gasteiger partial charge in [0.2, 0.25) is 0 Å². The highest BCUT2D eigenvalue weighted by Gasteiger charge is 2.53. The van der Waals surface area contributed by atoms with Crippen LogP contribution in [0.1, 0.15) is 24.2 Å². The van der Waals surface area contributed by atoms with Crippen molar-refractivity contribution < 1.29 is 34.0 Å². The standard InChI is InChI=1S/C16H20O7/c1-16(2)22-13-12(18)11(17)10(21-15(13)23-16)8-20-14(19)9-6-4-3-5-7-9/h3-7,10-13,15,17-18H,8H2,1-2H3/t10-,11-,12-,13-,15-/m1/s1. The van der Waals surface area contributed by atoms with Gasteiger partial charge < -0.3 is 29.2 Å². The van der Waals surface area contributed by atoms with E-state index in [1.54, 1.807) is 44.2 Å². The molecule has 2 aliphatic rings. The molecule has 1 aromatic rings. The van der Waals surface area contributed by atoms with Crippen LogP contribution in [0.3, 0.4) is 0 Å². The van der Waals surface area contributed by atoms with Crippen LogP contribution in [0.5, 0.6) is 0 Å². The molecule has 2 N–H and O–H groups in total. The van der Waals surface area contributed by atoms with Gasteiger partial charge in [0.25, 0.3) is 0 Å². The van der Waals surface area contributed by atoms with E-state index in [-0.39, 0.29) is 6.61 Å². The minimum Gasteiger partial charge on any atom is -0.459 e. The van der Waals surface area contributed by atoms with E-state index in [0.29, 0.717) is 5.56 Å². The first-order valence-corrected chi connectivity index (χ1v) is 7.47. The molecule has 2 saturated heterocycles. The fourth-order valence-electron chi connectivity index (χ4n) is 2.71. The molecular formula is C16H20O7. The summed E-state index contributed by atoms with van der Waals surface area (Å²) in [5.41, 5.74) is 0.401. The maximum atomic E-state index is 11.9. The van der Waals surface area contributed by atoms with Crippen molar-refractivity contribution in [3.8, 4) is 0 Å². The summed E-state index contributed by atoms with van der Waals surface area (Å²) in [5, 5.41) is 20.3. The smallest absolute Gasteiger partial charge is 0.338 e. The Hall–Kier alpha value is -1.51.